The molecule has 0 heterocycles. The lowest BCUT2D eigenvalue weighted by atomic mass is 10.1. The number of carboxylic acid groups (broad SMARTS) is 1. The van der Waals surface area contributed by atoms with E-state index in [0.29, 0.717) is 11.1 Å². The molecule has 0 aliphatic rings. The SMILES string of the molecule is CC(C)(C)[S+]([O-])N[C@H](C(=O)O)c1cccc(C#N)c1. The molecule has 0 aromatic heterocycles. The number of nitrogens with zero attached hydrogens (tertiary/aromatic N) is 1. The third kappa shape index (κ3) is 4.24. The number of nitriles is 1. The van der Waals surface area contributed by atoms with Gasteiger partial charge in [-0.25, -0.2) is 4.79 Å². The van der Waals surface area contributed by atoms with Crippen molar-refractivity contribution in [3.8, 4) is 6.07 Å². The van der Waals surface area contributed by atoms with Crippen molar-refractivity contribution in [2.75, 3.05) is 0 Å². The third-order valence-electron chi connectivity index (χ3n) is 2.38. The largest absolute Gasteiger partial charge is 0.598 e. The van der Waals surface area contributed by atoms with Crippen LogP contribution in [0.25, 0.3) is 0 Å². The molecule has 2 atom stereocenters. The molecule has 0 aliphatic carbocycles. The summed E-state index contributed by atoms with van der Waals surface area (Å²) in [4.78, 5) is 11.3. The second kappa shape index (κ2) is 6.06. The Morgan fingerprint density at radius 2 is 2.16 bits per heavy atom. The number of hydrogen-bond donors (Lipinski definition) is 2. The van der Waals surface area contributed by atoms with Crippen LogP contribution < -0.4 is 4.72 Å². The standard InChI is InChI=1S/C13H16N2O3S/c1-13(2,3)19(18)15-11(12(16)17)10-6-4-5-9(7-10)8-14/h4-7,11,15H,1-3H3,(H,16,17)/t11-,19?/m0/s1. The molecule has 0 bridgehead atoms. The van der Waals surface area contributed by atoms with Gasteiger partial charge in [0.05, 0.1) is 11.6 Å². The minimum atomic E-state index is -1.51. The quantitative estimate of drug-likeness (QED) is 0.819. The lowest BCUT2D eigenvalue weighted by Gasteiger charge is -2.26. The summed E-state index contributed by atoms with van der Waals surface area (Å²) >= 11 is -1.51. The maximum atomic E-state index is 12.0. The summed E-state index contributed by atoms with van der Waals surface area (Å²) in [5.41, 5.74) is 0.774. The minimum Gasteiger partial charge on any atom is -0.598 e. The van der Waals surface area contributed by atoms with Crippen molar-refractivity contribution in [1.82, 2.24) is 4.72 Å². The molecule has 1 aromatic carbocycles. The van der Waals surface area contributed by atoms with Crippen LogP contribution in [-0.2, 0) is 16.2 Å². The highest BCUT2D eigenvalue weighted by atomic mass is 32.2. The van der Waals surface area contributed by atoms with Gasteiger partial charge >= 0.3 is 5.97 Å². The van der Waals surface area contributed by atoms with E-state index < -0.39 is 28.1 Å². The Bertz CT molecular complexity index is 505. The van der Waals surface area contributed by atoms with Crippen molar-refractivity contribution in [1.29, 1.82) is 5.26 Å². The smallest absolute Gasteiger partial charge is 0.329 e. The molecule has 0 saturated carbocycles. The van der Waals surface area contributed by atoms with Crippen LogP contribution in [0.3, 0.4) is 0 Å². The first-order chi connectivity index (χ1) is 8.75. The summed E-state index contributed by atoms with van der Waals surface area (Å²) in [6, 6.07) is 7.10. The molecule has 5 nitrogen and oxygen atoms in total. The summed E-state index contributed by atoms with van der Waals surface area (Å²) in [5, 5.41) is 18.0. The molecule has 0 saturated heterocycles. The Morgan fingerprint density at radius 1 is 1.53 bits per heavy atom. The van der Waals surface area contributed by atoms with Crippen LogP contribution in [0.1, 0.15) is 37.9 Å². The first-order valence-electron chi connectivity index (χ1n) is 5.66. The van der Waals surface area contributed by atoms with Crippen LogP contribution in [0, 0.1) is 11.3 Å². The van der Waals surface area contributed by atoms with E-state index in [2.05, 4.69) is 4.72 Å². The van der Waals surface area contributed by atoms with Gasteiger partial charge in [-0.1, -0.05) is 12.1 Å². The highest BCUT2D eigenvalue weighted by molar-refractivity contribution is 7.90. The van der Waals surface area contributed by atoms with Gasteiger partial charge in [-0.3, -0.25) is 0 Å². The number of nitrogens with one attached hydrogen (secondary N) is 1. The molecule has 0 radical (unpaired) electrons. The van der Waals surface area contributed by atoms with E-state index >= 15 is 0 Å². The fourth-order valence-corrected chi connectivity index (χ4v) is 2.14. The third-order valence-corrected chi connectivity index (χ3v) is 3.94. The molecule has 0 aliphatic heterocycles. The van der Waals surface area contributed by atoms with Crippen LogP contribution in [0.5, 0.6) is 0 Å². The van der Waals surface area contributed by atoms with E-state index in [-0.39, 0.29) is 0 Å². The van der Waals surface area contributed by atoms with Crippen LogP contribution in [0.15, 0.2) is 24.3 Å². The Balaban J connectivity index is 3.02. The fraction of sp³-hybridized carbons (Fsp3) is 0.385. The van der Waals surface area contributed by atoms with Gasteiger partial charge in [-0.15, -0.1) is 4.72 Å². The van der Waals surface area contributed by atoms with Gasteiger partial charge in [0.2, 0.25) is 0 Å². The summed E-state index contributed by atoms with van der Waals surface area (Å²) < 4.78 is 14.0. The Morgan fingerprint density at radius 3 is 2.63 bits per heavy atom. The molecular formula is C13H16N2O3S. The molecule has 6 heteroatoms. The number of carbonyl (C=O) groups is 1. The zero-order valence-corrected chi connectivity index (χ0v) is 11.8. The number of rotatable bonds is 4. The van der Waals surface area contributed by atoms with Gasteiger partial charge < -0.3 is 9.66 Å². The van der Waals surface area contributed by atoms with Crippen molar-refractivity contribution >= 4 is 17.3 Å². The van der Waals surface area contributed by atoms with Crippen molar-refractivity contribution in [2.24, 2.45) is 0 Å². The van der Waals surface area contributed by atoms with Gasteiger partial charge in [0, 0.05) is 11.4 Å². The highest BCUT2D eigenvalue weighted by Crippen LogP contribution is 2.21. The molecule has 2 N–H and O–H groups in total. The molecule has 0 fully saturated rings. The summed E-state index contributed by atoms with van der Waals surface area (Å²) in [5.74, 6) is -1.13. The number of carboxylic acids is 1. The van der Waals surface area contributed by atoms with E-state index in [0.717, 1.165) is 0 Å². The Labute approximate surface area is 115 Å². The van der Waals surface area contributed by atoms with E-state index in [1.54, 1.807) is 39.0 Å². The first kappa shape index (κ1) is 15.5. The van der Waals surface area contributed by atoms with Crippen molar-refractivity contribution in [3.63, 3.8) is 0 Å². The minimum absolute atomic E-state index is 0.368. The average molecular weight is 280 g/mol. The molecule has 1 unspecified atom stereocenters. The predicted octanol–water partition coefficient (Wildman–Crippen LogP) is 1.74. The predicted molar refractivity (Wildman–Crippen MR) is 72.6 cm³/mol. The number of aliphatic carboxylic acids is 1. The van der Waals surface area contributed by atoms with Crippen LogP contribution in [-0.4, -0.2) is 20.4 Å². The zero-order valence-electron chi connectivity index (χ0n) is 11.0. The highest BCUT2D eigenvalue weighted by Gasteiger charge is 2.33. The maximum Gasteiger partial charge on any atom is 0.329 e. The number of hydrogen-bond acceptors (Lipinski definition) is 4. The van der Waals surface area contributed by atoms with E-state index in [9.17, 15) is 14.5 Å². The molecular weight excluding hydrogens is 264 g/mol. The monoisotopic (exact) mass is 280 g/mol. The van der Waals surface area contributed by atoms with Gasteiger partial charge in [-0.05, 0) is 38.5 Å². The average Bonchev–Trinajstić information content (AvgIpc) is 2.34. The van der Waals surface area contributed by atoms with E-state index in [4.69, 9.17) is 5.26 Å². The molecule has 0 spiro atoms. The van der Waals surface area contributed by atoms with Crippen molar-refractivity contribution < 1.29 is 14.5 Å². The lowest BCUT2D eigenvalue weighted by molar-refractivity contribution is -0.139. The van der Waals surface area contributed by atoms with Crippen LogP contribution >= 0.6 is 0 Å². The first-order valence-corrected chi connectivity index (χ1v) is 6.81. The van der Waals surface area contributed by atoms with Gasteiger partial charge in [0.15, 0.2) is 6.04 Å². The molecule has 1 aromatic rings. The Hall–Kier alpha value is -1.55. The maximum absolute atomic E-state index is 12.0. The number of benzene rings is 1. The normalized spacial score (nSPS) is 14.5. The second-order valence-corrected chi connectivity index (χ2v) is 7.01. The molecule has 0 amide bonds. The van der Waals surface area contributed by atoms with E-state index in [1.165, 1.54) is 6.07 Å². The molecule has 19 heavy (non-hydrogen) atoms. The van der Waals surface area contributed by atoms with Gasteiger partial charge in [0.25, 0.3) is 0 Å². The Kier molecular flexibility index (Phi) is 4.95. The van der Waals surface area contributed by atoms with Gasteiger partial charge in [-0.2, -0.15) is 5.26 Å². The molecule has 1 rings (SSSR count). The zero-order chi connectivity index (χ0) is 14.6. The summed E-state index contributed by atoms with van der Waals surface area (Å²) in [6.45, 7) is 5.25. The van der Waals surface area contributed by atoms with Gasteiger partial charge in [0.1, 0.15) is 4.75 Å². The second-order valence-electron chi connectivity index (χ2n) is 5.01. The topological polar surface area (TPSA) is 96.2 Å². The fourth-order valence-electron chi connectivity index (χ4n) is 1.33. The van der Waals surface area contributed by atoms with E-state index in [1.807, 2.05) is 6.07 Å². The van der Waals surface area contributed by atoms with Crippen molar-refractivity contribution in [2.45, 2.75) is 31.6 Å². The summed E-state index contributed by atoms with van der Waals surface area (Å²) in [6.07, 6.45) is 0. The lowest BCUT2D eigenvalue weighted by Crippen LogP contribution is -2.43. The van der Waals surface area contributed by atoms with Crippen LogP contribution in [0.4, 0.5) is 0 Å². The summed E-state index contributed by atoms with van der Waals surface area (Å²) in [7, 11) is 0. The van der Waals surface area contributed by atoms with Crippen LogP contribution in [0.2, 0.25) is 0 Å². The molecule has 102 valence electrons. The van der Waals surface area contributed by atoms with Crippen molar-refractivity contribution in [3.05, 3.63) is 35.4 Å².